The molecule has 0 aliphatic heterocycles. The molecular formula is C42H54N2. The van der Waals surface area contributed by atoms with E-state index in [0.717, 1.165) is 12.8 Å². The van der Waals surface area contributed by atoms with Crippen LogP contribution in [-0.4, -0.2) is 9.97 Å². The first-order valence-electron chi connectivity index (χ1n) is 18.2. The molecule has 0 saturated carbocycles. The van der Waals surface area contributed by atoms with Gasteiger partial charge in [-0.05, 0) is 82.3 Å². The minimum atomic E-state index is 1.15. The van der Waals surface area contributed by atoms with Gasteiger partial charge in [0.1, 0.15) is 0 Å². The fraction of sp³-hybridized carbons (Fsp3) is 0.476. The number of H-pyrrole nitrogens is 2. The Morgan fingerprint density at radius 2 is 0.636 bits per heavy atom. The molecule has 0 fully saturated rings. The minimum absolute atomic E-state index is 1.15. The first kappa shape index (κ1) is 30.8. The smallest absolute Gasteiger partial charge is 0.0462 e. The summed E-state index contributed by atoms with van der Waals surface area (Å²) in [5.41, 5.74) is 5.30. The number of aromatic amines is 2. The number of benzene rings is 4. The van der Waals surface area contributed by atoms with Crippen LogP contribution in [-0.2, 0) is 12.8 Å². The van der Waals surface area contributed by atoms with Crippen molar-refractivity contribution in [2.75, 3.05) is 0 Å². The third kappa shape index (κ3) is 7.01. The molecule has 0 amide bonds. The molecule has 0 aliphatic rings. The van der Waals surface area contributed by atoms with Crippen molar-refractivity contribution in [3.63, 3.8) is 0 Å². The maximum Gasteiger partial charge on any atom is 0.0462 e. The third-order valence-corrected chi connectivity index (χ3v) is 10.1. The Bertz CT molecular complexity index is 1800. The topological polar surface area (TPSA) is 31.6 Å². The summed E-state index contributed by atoms with van der Waals surface area (Å²) >= 11 is 0. The second-order valence-corrected chi connectivity index (χ2v) is 13.5. The van der Waals surface area contributed by atoms with E-state index in [4.69, 9.17) is 0 Å². The Balaban J connectivity index is 1.14. The molecule has 4 aromatic carbocycles. The molecule has 0 saturated heterocycles. The monoisotopic (exact) mass is 586 g/mol. The van der Waals surface area contributed by atoms with Gasteiger partial charge in [-0.1, -0.05) is 140 Å². The first-order chi connectivity index (χ1) is 21.8. The Morgan fingerprint density at radius 3 is 1.00 bits per heavy atom. The molecule has 6 aromatic rings. The normalized spacial score (nSPS) is 12.1. The van der Waals surface area contributed by atoms with E-state index in [-0.39, 0.29) is 0 Å². The lowest BCUT2D eigenvalue weighted by Crippen LogP contribution is -1.86. The summed E-state index contributed by atoms with van der Waals surface area (Å²) in [4.78, 5) is 7.46. The molecule has 0 atom stereocenters. The second-order valence-electron chi connectivity index (χ2n) is 13.5. The summed E-state index contributed by atoms with van der Waals surface area (Å²) < 4.78 is 0. The molecule has 0 aliphatic carbocycles. The van der Waals surface area contributed by atoms with Gasteiger partial charge in [-0.15, -0.1) is 0 Å². The van der Waals surface area contributed by atoms with E-state index < -0.39 is 0 Å². The standard InChI is InChI=1S/C42H54N2/c1-3-5-7-9-11-12-13-14-16-18-20-32-30-40-38-24-22-33-34(36(38)26-28-42(40)44-32)21-23-37-35(33)25-27-41-39(37)29-31(43-41)19-17-15-10-8-6-4-2/h21-30,43-44H,3-20H2,1-2H3. The van der Waals surface area contributed by atoms with Gasteiger partial charge in [-0.2, -0.15) is 0 Å². The fourth-order valence-electron chi connectivity index (χ4n) is 7.55. The second kappa shape index (κ2) is 15.2. The number of rotatable bonds is 18. The average Bonchev–Trinajstić information content (AvgIpc) is 3.67. The van der Waals surface area contributed by atoms with Crippen LogP contribution in [0.4, 0.5) is 0 Å². The molecule has 6 rings (SSSR count). The van der Waals surface area contributed by atoms with Crippen LogP contribution in [0.1, 0.15) is 128 Å². The molecule has 44 heavy (non-hydrogen) atoms. The van der Waals surface area contributed by atoms with Gasteiger partial charge < -0.3 is 9.97 Å². The van der Waals surface area contributed by atoms with Gasteiger partial charge in [0.05, 0.1) is 0 Å². The van der Waals surface area contributed by atoms with Crippen molar-refractivity contribution in [3.8, 4) is 0 Å². The third-order valence-electron chi connectivity index (χ3n) is 10.1. The van der Waals surface area contributed by atoms with E-state index in [9.17, 15) is 0 Å². The number of nitrogens with one attached hydrogen (secondary N) is 2. The van der Waals surface area contributed by atoms with Crippen LogP contribution in [0.2, 0.25) is 0 Å². The van der Waals surface area contributed by atoms with Crippen molar-refractivity contribution in [2.45, 2.75) is 129 Å². The number of fused-ring (bicyclic) bond motifs is 9. The van der Waals surface area contributed by atoms with E-state index in [2.05, 4.69) is 84.5 Å². The Kier molecular flexibility index (Phi) is 10.6. The first-order valence-corrected chi connectivity index (χ1v) is 18.2. The van der Waals surface area contributed by atoms with E-state index in [1.54, 1.807) is 0 Å². The molecule has 2 N–H and O–H groups in total. The van der Waals surface area contributed by atoms with Gasteiger partial charge in [-0.25, -0.2) is 0 Å². The zero-order valence-corrected chi connectivity index (χ0v) is 27.5. The van der Waals surface area contributed by atoms with Gasteiger partial charge in [0, 0.05) is 33.2 Å². The van der Waals surface area contributed by atoms with Crippen LogP contribution in [0.3, 0.4) is 0 Å². The molecule has 2 heteroatoms. The molecule has 0 unspecified atom stereocenters. The predicted molar refractivity (Wildman–Crippen MR) is 195 cm³/mol. The summed E-state index contributed by atoms with van der Waals surface area (Å²) in [6.07, 6.45) is 24.2. The number of aryl methyl sites for hydroxylation is 2. The maximum atomic E-state index is 3.74. The van der Waals surface area contributed by atoms with Crippen LogP contribution in [0.15, 0.2) is 60.7 Å². The largest absolute Gasteiger partial charge is 0.358 e. The Labute approximate surface area is 265 Å². The molecule has 0 bridgehead atoms. The van der Waals surface area contributed by atoms with Crippen LogP contribution in [0.25, 0.3) is 54.1 Å². The summed E-state index contributed by atoms with van der Waals surface area (Å²) in [5.74, 6) is 0. The molecular weight excluding hydrogens is 532 g/mol. The molecule has 2 heterocycles. The fourth-order valence-corrected chi connectivity index (χ4v) is 7.55. The van der Waals surface area contributed by atoms with Crippen molar-refractivity contribution < 1.29 is 0 Å². The SMILES string of the molecule is CCCCCCCCCCCCc1cc2c(ccc3c2ccc2c4ccc5[nH]c(CCCCCCCC)cc5c4ccc32)[nH]1. The van der Waals surface area contributed by atoms with Crippen LogP contribution < -0.4 is 0 Å². The minimum Gasteiger partial charge on any atom is -0.358 e. The van der Waals surface area contributed by atoms with Gasteiger partial charge >= 0.3 is 0 Å². The summed E-state index contributed by atoms with van der Waals surface area (Å²) in [5, 5.41) is 10.9. The van der Waals surface area contributed by atoms with Crippen LogP contribution >= 0.6 is 0 Å². The molecule has 232 valence electrons. The van der Waals surface area contributed by atoms with Crippen molar-refractivity contribution in [1.29, 1.82) is 0 Å². The van der Waals surface area contributed by atoms with E-state index in [0.29, 0.717) is 0 Å². The zero-order chi connectivity index (χ0) is 30.1. The van der Waals surface area contributed by atoms with Crippen molar-refractivity contribution in [1.82, 2.24) is 9.97 Å². The van der Waals surface area contributed by atoms with Gasteiger partial charge in [0.2, 0.25) is 0 Å². The van der Waals surface area contributed by atoms with Gasteiger partial charge in [-0.3, -0.25) is 0 Å². The highest BCUT2D eigenvalue weighted by molar-refractivity contribution is 6.24. The number of unbranched alkanes of at least 4 members (excludes halogenated alkanes) is 14. The van der Waals surface area contributed by atoms with Gasteiger partial charge in [0.25, 0.3) is 0 Å². The highest BCUT2D eigenvalue weighted by Crippen LogP contribution is 2.37. The van der Waals surface area contributed by atoms with Crippen LogP contribution in [0, 0.1) is 0 Å². The van der Waals surface area contributed by atoms with Crippen molar-refractivity contribution in [2.24, 2.45) is 0 Å². The van der Waals surface area contributed by atoms with E-state index >= 15 is 0 Å². The lowest BCUT2D eigenvalue weighted by Gasteiger charge is -2.09. The summed E-state index contributed by atoms with van der Waals surface area (Å²) in [7, 11) is 0. The van der Waals surface area contributed by atoms with Gasteiger partial charge in [0.15, 0.2) is 0 Å². The summed E-state index contributed by atoms with van der Waals surface area (Å²) in [6.45, 7) is 4.58. The van der Waals surface area contributed by atoms with Crippen molar-refractivity contribution >= 4 is 54.1 Å². The summed E-state index contributed by atoms with van der Waals surface area (Å²) in [6, 6.07) is 23.5. The predicted octanol–water partition coefficient (Wildman–Crippen LogP) is 13.5. The number of aromatic nitrogens is 2. The van der Waals surface area contributed by atoms with E-state index in [1.165, 1.54) is 168 Å². The Morgan fingerprint density at radius 1 is 0.341 bits per heavy atom. The zero-order valence-electron chi connectivity index (χ0n) is 27.5. The molecule has 0 spiro atoms. The van der Waals surface area contributed by atoms with Crippen LogP contribution in [0.5, 0.6) is 0 Å². The molecule has 2 aromatic heterocycles. The quantitative estimate of drug-likeness (QED) is 0.0741. The lowest BCUT2D eigenvalue weighted by molar-refractivity contribution is 0.555. The number of hydrogen-bond donors (Lipinski definition) is 2. The lowest BCUT2D eigenvalue weighted by atomic mass is 9.94. The highest BCUT2D eigenvalue weighted by Gasteiger charge is 2.12. The Hall–Kier alpha value is -3.26. The average molecular weight is 587 g/mol. The van der Waals surface area contributed by atoms with Crippen molar-refractivity contribution in [3.05, 3.63) is 72.1 Å². The maximum absolute atomic E-state index is 3.74. The molecule has 0 radical (unpaired) electrons. The number of hydrogen-bond acceptors (Lipinski definition) is 0. The molecule has 2 nitrogen and oxygen atoms in total. The van der Waals surface area contributed by atoms with E-state index in [1.807, 2.05) is 0 Å². The highest BCUT2D eigenvalue weighted by atomic mass is 14.7.